The number of aryl methyl sites for hydroxylation is 1. The third kappa shape index (κ3) is 2.85. The van der Waals surface area contributed by atoms with Crippen molar-refractivity contribution in [3.05, 3.63) is 70.7 Å². The molecule has 2 aromatic heterocycles. The summed E-state index contributed by atoms with van der Waals surface area (Å²) in [4.78, 5) is 4.80. The molecule has 0 bridgehead atoms. The topological polar surface area (TPSA) is 53.6 Å². The van der Waals surface area contributed by atoms with E-state index in [2.05, 4.69) is 35.4 Å². The van der Waals surface area contributed by atoms with Gasteiger partial charge < -0.3 is 5.32 Å². The molecule has 124 valence electrons. The molecule has 0 saturated heterocycles. The summed E-state index contributed by atoms with van der Waals surface area (Å²) < 4.78 is 0. The minimum atomic E-state index is 0.689. The molecule has 2 aromatic carbocycles. The lowest BCUT2D eigenvalue weighted by molar-refractivity contribution is 1.11. The third-order valence-electron chi connectivity index (χ3n) is 4.39. The molecule has 0 spiro atoms. The Kier molecular flexibility index (Phi) is 3.90. The summed E-state index contributed by atoms with van der Waals surface area (Å²) in [7, 11) is 0. The van der Waals surface area contributed by atoms with Crippen LogP contribution in [0, 0.1) is 13.8 Å². The lowest BCUT2D eigenvalue weighted by Crippen LogP contribution is -2.01. The van der Waals surface area contributed by atoms with Crippen LogP contribution in [0.3, 0.4) is 0 Å². The van der Waals surface area contributed by atoms with Gasteiger partial charge in [0.2, 0.25) is 0 Å². The number of hydrogen-bond donors (Lipinski definition) is 2. The number of aromatic nitrogens is 3. The van der Waals surface area contributed by atoms with Gasteiger partial charge in [0.25, 0.3) is 0 Å². The number of hydrogen-bond acceptors (Lipinski definition) is 3. The van der Waals surface area contributed by atoms with E-state index in [1.54, 1.807) is 0 Å². The smallest absolute Gasteiger partial charge is 0.161 e. The summed E-state index contributed by atoms with van der Waals surface area (Å²) in [6.07, 6.45) is 0. The van der Waals surface area contributed by atoms with Crippen molar-refractivity contribution in [2.75, 3.05) is 5.32 Å². The summed E-state index contributed by atoms with van der Waals surface area (Å²) in [6, 6.07) is 17.8. The second kappa shape index (κ2) is 6.22. The number of halogens is 1. The van der Waals surface area contributed by atoms with Crippen LogP contribution in [0.2, 0.25) is 5.02 Å². The van der Waals surface area contributed by atoms with Gasteiger partial charge in [-0.15, -0.1) is 0 Å². The van der Waals surface area contributed by atoms with Crippen LogP contribution in [0.15, 0.2) is 54.6 Å². The van der Waals surface area contributed by atoms with Gasteiger partial charge in [-0.1, -0.05) is 41.9 Å². The molecule has 0 aliphatic rings. The number of pyridine rings is 1. The average Bonchev–Trinajstić information content (AvgIpc) is 3.02. The maximum Gasteiger partial charge on any atom is 0.161 e. The monoisotopic (exact) mass is 348 g/mol. The van der Waals surface area contributed by atoms with Gasteiger partial charge in [-0.2, -0.15) is 5.10 Å². The molecule has 0 amide bonds. The number of nitrogens with one attached hydrogen (secondary N) is 2. The fourth-order valence-electron chi connectivity index (χ4n) is 2.84. The van der Waals surface area contributed by atoms with Crippen molar-refractivity contribution in [2.24, 2.45) is 0 Å². The zero-order valence-electron chi connectivity index (χ0n) is 14.0. The van der Waals surface area contributed by atoms with E-state index in [4.69, 9.17) is 16.6 Å². The fourth-order valence-corrected chi connectivity index (χ4v) is 3.07. The molecule has 5 heteroatoms. The highest BCUT2D eigenvalue weighted by molar-refractivity contribution is 6.33. The molecule has 2 N–H and O–H groups in total. The van der Waals surface area contributed by atoms with E-state index in [1.807, 2.05) is 48.5 Å². The van der Waals surface area contributed by atoms with Gasteiger partial charge in [0, 0.05) is 16.0 Å². The van der Waals surface area contributed by atoms with E-state index >= 15 is 0 Å². The maximum atomic E-state index is 6.35. The molecule has 0 aliphatic carbocycles. The normalized spacial score (nSPS) is 11.0. The van der Waals surface area contributed by atoms with Crippen LogP contribution in [-0.4, -0.2) is 15.2 Å². The van der Waals surface area contributed by atoms with Crippen molar-refractivity contribution in [3.8, 4) is 11.3 Å². The summed E-state index contributed by atoms with van der Waals surface area (Å²) in [5.74, 6) is 1.55. The Labute approximate surface area is 150 Å². The van der Waals surface area contributed by atoms with Crippen LogP contribution in [-0.2, 0) is 0 Å². The minimum Gasteiger partial charge on any atom is -0.323 e. The van der Waals surface area contributed by atoms with Crippen molar-refractivity contribution >= 4 is 34.1 Å². The Morgan fingerprint density at radius 1 is 0.960 bits per heavy atom. The number of aromatic amines is 1. The second-order valence-corrected chi connectivity index (χ2v) is 6.43. The summed E-state index contributed by atoms with van der Waals surface area (Å²) in [5, 5.41) is 12.5. The summed E-state index contributed by atoms with van der Waals surface area (Å²) in [6.45, 7) is 4.13. The van der Waals surface area contributed by atoms with Gasteiger partial charge in [-0.3, -0.25) is 5.10 Å². The Hall–Kier alpha value is -2.85. The highest BCUT2D eigenvalue weighted by Crippen LogP contribution is 2.31. The standard InChI is InChI=1S/C20H17ClN4/c1-12-11-18(14-7-3-5-9-16(14)21)22-19(13(12)2)23-20-15-8-4-6-10-17(15)24-25-20/h3-11H,1-2H3,(H2,22,23,24,25). The maximum absolute atomic E-state index is 6.35. The van der Waals surface area contributed by atoms with Crippen molar-refractivity contribution < 1.29 is 0 Å². The van der Waals surface area contributed by atoms with E-state index in [-0.39, 0.29) is 0 Å². The number of rotatable bonds is 3. The Balaban J connectivity index is 1.81. The summed E-state index contributed by atoms with van der Waals surface area (Å²) in [5.41, 5.74) is 4.98. The van der Waals surface area contributed by atoms with Gasteiger partial charge in [-0.05, 0) is 49.2 Å². The highest BCUT2D eigenvalue weighted by Gasteiger charge is 2.13. The number of H-pyrrole nitrogens is 1. The van der Waals surface area contributed by atoms with Crippen molar-refractivity contribution in [1.29, 1.82) is 0 Å². The van der Waals surface area contributed by atoms with E-state index < -0.39 is 0 Å². The largest absolute Gasteiger partial charge is 0.323 e. The number of para-hydroxylation sites is 1. The minimum absolute atomic E-state index is 0.689. The number of anilines is 2. The highest BCUT2D eigenvalue weighted by atomic mass is 35.5. The number of fused-ring (bicyclic) bond motifs is 1. The molecule has 0 radical (unpaired) electrons. The molecular weight excluding hydrogens is 332 g/mol. The van der Waals surface area contributed by atoms with Crippen LogP contribution in [0.1, 0.15) is 11.1 Å². The zero-order chi connectivity index (χ0) is 17.4. The second-order valence-electron chi connectivity index (χ2n) is 6.02. The SMILES string of the molecule is Cc1cc(-c2ccccc2Cl)nc(Nc2n[nH]c3ccccc23)c1C. The Morgan fingerprint density at radius 2 is 1.72 bits per heavy atom. The van der Waals surface area contributed by atoms with Crippen molar-refractivity contribution in [1.82, 2.24) is 15.2 Å². The van der Waals surface area contributed by atoms with Crippen LogP contribution in [0.4, 0.5) is 11.6 Å². The first kappa shape index (κ1) is 15.7. The zero-order valence-corrected chi connectivity index (χ0v) is 14.7. The van der Waals surface area contributed by atoms with Crippen molar-refractivity contribution in [2.45, 2.75) is 13.8 Å². The van der Waals surface area contributed by atoms with Gasteiger partial charge >= 0.3 is 0 Å². The lowest BCUT2D eigenvalue weighted by Gasteiger charge is -2.13. The predicted octanol–water partition coefficient (Wildman–Crippen LogP) is 5.64. The molecule has 2 heterocycles. The Morgan fingerprint density at radius 3 is 2.56 bits per heavy atom. The first-order chi connectivity index (χ1) is 12.1. The van der Waals surface area contributed by atoms with Gasteiger partial charge in [-0.25, -0.2) is 4.98 Å². The molecule has 0 atom stereocenters. The Bertz CT molecular complexity index is 1070. The number of nitrogens with zero attached hydrogens (tertiary/aromatic N) is 2. The van der Waals surface area contributed by atoms with E-state index in [9.17, 15) is 0 Å². The van der Waals surface area contributed by atoms with E-state index in [1.165, 1.54) is 0 Å². The molecule has 4 nitrogen and oxygen atoms in total. The molecule has 0 aliphatic heterocycles. The summed E-state index contributed by atoms with van der Waals surface area (Å²) >= 11 is 6.35. The first-order valence-corrected chi connectivity index (χ1v) is 8.44. The van der Waals surface area contributed by atoms with Gasteiger partial charge in [0.05, 0.1) is 11.2 Å². The van der Waals surface area contributed by atoms with Gasteiger partial charge in [0.15, 0.2) is 5.82 Å². The lowest BCUT2D eigenvalue weighted by atomic mass is 10.1. The van der Waals surface area contributed by atoms with Crippen LogP contribution < -0.4 is 5.32 Å². The van der Waals surface area contributed by atoms with Crippen molar-refractivity contribution in [3.63, 3.8) is 0 Å². The quantitative estimate of drug-likeness (QED) is 0.503. The van der Waals surface area contributed by atoms with Gasteiger partial charge in [0.1, 0.15) is 5.82 Å². The molecule has 0 saturated carbocycles. The molecular formula is C20H17ClN4. The van der Waals surface area contributed by atoms with Crippen LogP contribution >= 0.6 is 11.6 Å². The fraction of sp³-hybridized carbons (Fsp3) is 0.100. The average molecular weight is 349 g/mol. The molecule has 25 heavy (non-hydrogen) atoms. The predicted molar refractivity (Wildman–Crippen MR) is 104 cm³/mol. The molecule has 4 rings (SSSR count). The molecule has 0 unspecified atom stereocenters. The molecule has 4 aromatic rings. The van der Waals surface area contributed by atoms with E-state index in [0.717, 1.165) is 44.9 Å². The third-order valence-corrected chi connectivity index (χ3v) is 4.72. The van der Waals surface area contributed by atoms with Crippen LogP contribution in [0.5, 0.6) is 0 Å². The number of benzene rings is 2. The molecule has 0 fully saturated rings. The van der Waals surface area contributed by atoms with Crippen LogP contribution in [0.25, 0.3) is 22.2 Å². The van der Waals surface area contributed by atoms with E-state index in [0.29, 0.717) is 5.02 Å². The first-order valence-electron chi connectivity index (χ1n) is 8.07.